The number of pyridine rings is 1. The zero-order valence-electron chi connectivity index (χ0n) is 16.2. The van der Waals surface area contributed by atoms with Crippen LogP contribution in [-0.2, 0) is 13.0 Å². The largest absolute Gasteiger partial charge is 0.488 e. The van der Waals surface area contributed by atoms with Gasteiger partial charge in [0.25, 0.3) is 5.91 Å². The van der Waals surface area contributed by atoms with Crippen LogP contribution in [0.1, 0.15) is 33.8 Å². The van der Waals surface area contributed by atoms with Gasteiger partial charge in [0.1, 0.15) is 0 Å². The van der Waals surface area contributed by atoms with Gasteiger partial charge in [0.15, 0.2) is 23.2 Å². The maximum Gasteiger partial charge on any atom is 0.250 e. The fourth-order valence-electron chi connectivity index (χ4n) is 3.59. The van der Waals surface area contributed by atoms with Crippen molar-refractivity contribution in [3.63, 3.8) is 0 Å². The molecule has 0 atom stereocenters. The third-order valence-corrected chi connectivity index (χ3v) is 5.91. The van der Waals surface area contributed by atoms with E-state index in [1.807, 2.05) is 17.6 Å². The molecule has 0 aliphatic carbocycles. The van der Waals surface area contributed by atoms with Gasteiger partial charge in [0.2, 0.25) is 0 Å². The van der Waals surface area contributed by atoms with Crippen LogP contribution in [0.2, 0.25) is 0 Å². The standard InChI is InChI=1S/C21H20N6O2S/c22-18(28)14-6-3-8-27-16(14)12-24-21(27)20-25-15-7-1-2-9-29-17(15)19(26-20)23-11-13-5-4-10-30-13/h3-6,8,10,12H,1-2,7,9,11H2,(H2,22,28)(H,23,25,26). The van der Waals surface area contributed by atoms with Gasteiger partial charge in [-0.3, -0.25) is 9.20 Å². The van der Waals surface area contributed by atoms with Crippen LogP contribution >= 0.6 is 11.3 Å². The number of anilines is 1. The Kier molecular flexibility index (Phi) is 4.80. The summed E-state index contributed by atoms with van der Waals surface area (Å²) >= 11 is 1.68. The average molecular weight is 420 g/mol. The van der Waals surface area contributed by atoms with E-state index < -0.39 is 5.91 Å². The van der Waals surface area contributed by atoms with Gasteiger partial charge in [-0.25, -0.2) is 15.0 Å². The number of primary amides is 1. The van der Waals surface area contributed by atoms with Gasteiger partial charge in [0, 0.05) is 11.1 Å². The number of hydrogen-bond donors (Lipinski definition) is 2. The molecule has 30 heavy (non-hydrogen) atoms. The molecule has 1 aliphatic heterocycles. The first-order chi connectivity index (χ1) is 14.7. The lowest BCUT2D eigenvalue weighted by molar-refractivity contribution is 0.100. The molecule has 5 heterocycles. The first-order valence-electron chi connectivity index (χ1n) is 9.77. The molecule has 8 nitrogen and oxygen atoms in total. The Morgan fingerprint density at radius 2 is 2.20 bits per heavy atom. The Labute approximate surface area is 176 Å². The summed E-state index contributed by atoms with van der Waals surface area (Å²) < 4.78 is 7.78. The number of fused-ring (bicyclic) bond motifs is 2. The first kappa shape index (κ1) is 18.6. The van der Waals surface area contributed by atoms with Crippen molar-refractivity contribution in [1.29, 1.82) is 0 Å². The summed E-state index contributed by atoms with van der Waals surface area (Å²) in [6.07, 6.45) is 6.24. The minimum atomic E-state index is -0.499. The maximum atomic E-state index is 11.8. The van der Waals surface area contributed by atoms with Gasteiger partial charge in [-0.1, -0.05) is 6.07 Å². The topological polar surface area (TPSA) is 107 Å². The normalized spacial score (nSPS) is 13.5. The molecule has 3 N–H and O–H groups in total. The molecular weight excluding hydrogens is 400 g/mol. The van der Waals surface area contributed by atoms with Crippen molar-refractivity contribution < 1.29 is 9.53 Å². The molecule has 1 amide bonds. The molecule has 0 unspecified atom stereocenters. The number of thiophene rings is 1. The molecule has 0 fully saturated rings. The average Bonchev–Trinajstić information content (AvgIpc) is 3.36. The molecule has 0 bridgehead atoms. The summed E-state index contributed by atoms with van der Waals surface area (Å²) in [7, 11) is 0. The van der Waals surface area contributed by atoms with Crippen molar-refractivity contribution in [3.8, 4) is 17.4 Å². The summed E-state index contributed by atoms with van der Waals surface area (Å²) in [5.74, 6) is 1.91. The summed E-state index contributed by atoms with van der Waals surface area (Å²) in [5, 5.41) is 5.45. The van der Waals surface area contributed by atoms with E-state index in [2.05, 4.69) is 16.4 Å². The highest BCUT2D eigenvalue weighted by Crippen LogP contribution is 2.33. The number of nitrogens with zero attached hydrogens (tertiary/aromatic N) is 4. The van der Waals surface area contributed by atoms with Crippen molar-refractivity contribution in [3.05, 3.63) is 58.2 Å². The lowest BCUT2D eigenvalue weighted by Crippen LogP contribution is -2.12. The van der Waals surface area contributed by atoms with Crippen LogP contribution in [0.4, 0.5) is 5.82 Å². The number of aromatic nitrogens is 4. The number of carbonyl (C=O) groups excluding carboxylic acids is 1. The number of imidazole rings is 1. The predicted octanol–water partition coefficient (Wildman–Crippen LogP) is 3.28. The number of nitrogens with one attached hydrogen (secondary N) is 1. The van der Waals surface area contributed by atoms with Crippen molar-refractivity contribution in [2.24, 2.45) is 5.73 Å². The number of rotatable bonds is 5. The molecule has 0 spiro atoms. The molecule has 5 rings (SSSR count). The molecule has 1 aliphatic rings. The maximum absolute atomic E-state index is 11.8. The highest BCUT2D eigenvalue weighted by molar-refractivity contribution is 7.09. The van der Waals surface area contributed by atoms with E-state index in [4.69, 9.17) is 20.4 Å². The molecule has 152 valence electrons. The molecule has 0 saturated carbocycles. The van der Waals surface area contributed by atoms with Gasteiger partial charge < -0.3 is 15.8 Å². The van der Waals surface area contributed by atoms with Gasteiger partial charge in [-0.15, -0.1) is 11.3 Å². The van der Waals surface area contributed by atoms with E-state index in [0.717, 1.165) is 25.0 Å². The van der Waals surface area contributed by atoms with E-state index >= 15 is 0 Å². The van der Waals surface area contributed by atoms with E-state index in [9.17, 15) is 4.79 Å². The number of hydrogen-bond acceptors (Lipinski definition) is 7. The van der Waals surface area contributed by atoms with Crippen molar-refractivity contribution >= 4 is 28.6 Å². The fraction of sp³-hybridized carbons (Fsp3) is 0.238. The highest BCUT2D eigenvalue weighted by Gasteiger charge is 2.22. The van der Waals surface area contributed by atoms with E-state index in [1.54, 1.807) is 34.1 Å². The Morgan fingerprint density at radius 1 is 1.27 bits per heavy atom. The Bertz CT molecular complexity index is 1220. The zero-order chi connectivity index (χ0) is 20.5. The summed E-state index contributed by atoms with van der Waals surface area (Å²) in [4.78, 5) is 27.0. The van der Waals surface area contributed by atoms with Gasteiger partial charge in [-0.05, 0) is 42.8 Å². The van der Waals surface area contributed by atoms with Crippen molar-refractivity contribution in [2.45, 2.75) is 25.8 Å². The van der Waals surface area contributed by atoms with Crippen LogP contribution in [0, 0.1) is 0 Å². The number of carbonyl (C=O) groups is 1. The second kappa shape index (κ2) is 7.75. The van der Waals surface area contributed by atoms with Crippen LogP contribution in [0.5, 0.6) is 5.75 Å². The van der Waals surface area contributed by atoms with Crippen molar-refractivity contribution in [2.75, 3.05) is 11.9 Å². The number of ether oxygens (including phenoxy) is 1. The molecule has 0 radical (unpaired) electrons. The first-order valence-corrected chi connectivity index (χ1v) is 10.6. The van der Waals surface area contributed by atoms with Crippen LogP contribution in [-0.4, -0.2) is 31.9 Å². The van der Waals surface area contributed by atoms with Gasteiger partial charge >= 0.3 is 0 Å². The fourth-order valence-corrected chi connectivity index (χ4v) is 4.23. The van der Waals surface area contributed by atoms with E-state index in [-0.39, 0.29) is 0 Å². The molecule has 4 aromatic rings. The van der Waals surface area contributed by atoms with Gasteiger partial charge in [0.05, 0.1) is 36.1 Å². The Morgan fingerprint density at radius 3 is 3.03 bits per heavy atom. The zero-order valence-corrected chi connectivity index (χ0v) is 17.0. The van der Waals surface area contributed by atoms with Crippen LogP contribution in [0.15, 0.2) is 42.0 Å². The molecule has 9 heteroatoms. The SMILES string of the molecule is NC(=O)c1cccn2c(-c3nc4c(c(NCc5cccs5)n3)OCCCC4)ncc12. The predicted molar refractivity (Wildman–Crippen MR) is 115 cm³/mol. The minimum Gasteiger partial charge on any atom is -0.488 e. The number of nitrogens with two attached hydrogens (primary N) is 1. The third kappa shape index (κ3) is 3.37. The van der Waals surface area contributed by atoms with Crippen LogP contribution in [0.3, 0.4) is 0 Å². The minimum absolute atomic E-state index is 0.408. The third-order valence-electron chi connectivity index (χ3n) is 5.04. The lowest BCUT2D eigenvalue weighted by atomic mass is 10.2. The second-order valence-electron chi connectivity index (χ2n) is 7.03. The molecule has 0 saturated heterocycles. The Hall–Kier alpha value is -3.46. The summed E-state index contributed by atoms with van der Waals surface area (Å²) in [5.41, 5.74) is 7.41. The van der Waals surface area contributed by atoms with Crippen LogP contribution in [0.25, 0.3) is 17.2 Å². The number of aryl methyl sites for hydroxylation is 1. The van der Waals surface area contributed by atoms with Crippen LogP contribution < -0.4 is 15.8 Å². The summed E-state index contributed by atoms with van der Waals surface area (Å²) in [6, 6.07) is 7.55. The lowest BCUT2D eigenvalue weighted by Gasteiger charge is -2.14. The Balaban J connectivity index is 1.61. The van der Waals surface area contributed by atoms with E-state index in [1.165, 1.54) is 4.88 Å². The molecular formula is C21H20N6O2S. The number of amides is 1. The quantitative estimate of drug-likeness (QED) is 0.513. The highest BCUT2D eigenvalue weighted by atomic mass is 32.1. The van der Waals surface area contributed by atoms with Crippen molar-refractivity contribution in [1.82, 2.24) is 19.4 Å². The second-order valence-corrected chi connectivity index (χ2v) is 8.07. The van der Waals surface area contributed by atoms with Gasteiger partial charge in [-0.2, -0.15) is 0 Å². The molecule has 0 aromatic carbocycles. The monoisotopic (exact) mass is 420 g/mol. The smallest absolute Gasteiger partial charge is 0.250 e. The van der Waals surface area contributed by atoms with E-state index in [0.29, 0.717) is 47.4 Å². The molecule has 4 aromatic heterocycles. The summed E-state index contributed by atoms with van der Waals surface area (Å²) in [6.45, 7) is 1.30.